The van der Waals surface area contributed by atoms with E-state index in [1.54, 1.807) is 4.90 Å². The Morgan fingerprint density at radius 1 is 1.45 bits per heavy atom. The highest BCUT2D eigenvalue weighted by atomic mass is 16.2. The Kier molecular flexibility index (Phi) is 4.39. The van der Waals surface area contributed by atoms with Crippen LogP contribution in [0.4, 0.5) is 0 Å². The van der Waals surface area contributed by atoms with E-state index in [9.17, 15) is 14.4 Å². The van der Waals surface area contributed by atoms with Gasteiger partial charge in [-0.25, -0.2) is 4.79 Å². The third kappa shape index (κ3) is 2.98. The first kappa shape index (κ1) is 14.5. The minimum Gasteiger partial charge on any atom is -0.333 e. The maximum absolute atomic E-state index is 12.4. The van der Waals surface area contributed by atoms with Gasteiger partial charge in [0.1, 0.15) is 5.69 Å². The Bertz CT molecular complexity index is 564. The van der Waals surface area contributed by atoms with Crippen LogP contribution >= 0.6 is 0 Å². The van der Waals surface area contributed by atoms with E-state index in [1.165, 1.54) is 0 Å². The van der Waals surface area contributed by atoms with E-state index in [2.05, 4.69) is 11.9 Å². The van der Waals surface area contributed by atoms with Crippen LogP contribution < -0.4 is 17.0 Å². The number of nitrogens with two attached hydrogens (primary N) is 1. The van der Waals surface area contributed by atoms with Crippen LogP contribution in [0.3, 0.4) is 0 Å². The molecule has 0 bridgehead atoms. The van der Waals surface area contributed by atoms with Crippen molar-refractivity contribution in [3.8, 4) is 0 Å². The van der Waals surface area contributed by atoms with Crippen LogP contribution in [0.15, 0.2) is 15.7 Å². The van der Waals surface area contributed by atoms with Gasteiger partial charge in [0.2, 0.25) is 0 Å². The summed E-state index contributed by atoms with van der Waals surface area (Å²) in [5, 5.41) is 0. The maximum atomic E-state index is 12.4. The van der Waals surface area contributed by atoms with Gasteiger partial charge in [-0.3, -0.25) is 14.6 Å². The third-order valence-corrected chi connectivity index (χ3v) is 3.93. The lowest BCUT2D eigenvalue weighted by Crippen LogP contribution is -2.50. The Hall–Kier alpha value is -1.89. The highest BCUT2D eigenvalue weighted by Crippen LogP contribution is 2.25. The summed E-state index contributed by atoms with van der Waals surface area (Å²) in [4.78, 5) is 41.0. The van der Waals surface area contributed by atoms with Gasteiger partial charge in [-0.05, 0) is 18.8 Å². The third-order valence-electron chi connectivity index (χ3n) is 3.93. The molecule has 1 aliphatic heterocycles. The fourth-order valence-corrected chi connectivity index (χ4v) is 2.73. The van der Waals surface area contributed by atoms with E-state index in [0.717, 1.165) is 25.3 Å². The average Bonchev–Trinajstić information content (AvgIpc) is 2.44. The molecule has 1 fully saturated rings. The molecule has 1 aromatic rings. The maximum Gasteiger partial charge on any atom is 0.326 e. The number of rotatable bonds is 3. The highest BCUT2D eigenvalue weighted by Gasteiger charge is 2.31. The van der Waals surface area contributed by atoms with Crippen molar-refractivity contribution in [3.05, 3.63) is 32.6 Å². The van der Waals surface area contributed by atoms with Crippen LogP contribution in [-0.4, -0.2) is 39.9 Å². The fourth-order valence-electron chi connectivity index (χ4n) is 2.73. The van der Waals surface area contributed by atoms with Crippen molar-refractivity contribution in [3.63, 3.8) is 0 Å². The lowest BCUT2D eigenvalue weighted by molar-refractivity contribution is 0.0552. The Balaban J connectivity index is 2.23. The van der Waals surface area contributed by atoms with Crippen LogP contribution in [0.5, 0.6) is 0 Å². The molecule has 1 aromatic heterocycles. The summed E-state index contributed by atoms with van der Waals surface area (Å²) in [5.74, 6) is 0.240. The second-order valence-electron chi connectivity index (χ2n) is 5.19. The van der Waals surface area contributed by atoms with Gasteiger partial charge in [0.25, 0.3) is 11.5 Å². The molecule has 2 rings (SSSR count). The van der Waals surface area contributed by atoms with E-state index in [1.807, 2.05) is 4.98 Å². The predicted molar refractivity (Wildman–Crippen MR) is 74.6 cm³/mol. The van der Waals surface area contributed by atoms with Crippen LogP contribution in [-0.2, 0) is 0 Å². The van der Waals surface area contributed by atoms with Crippen molar-refractivity contribution in [2.45, 2.75) is 32.2 Å². The monoisotopic (exact) mass is 280 g/mol. The minimum absolute atomic E-state index is 0.0205. The zero-order valence-electron chi connectivity index (χ0n) is 11.5. The molecule has 1 saturated heterocycles. The molecule has 1 amide bonds. The molecule has 2 atom stereocenters. The number of nitrogens with one attached hydrogen (secondary N) is 2. The van der Waals surface area contributed by atoms with Crippen LogP contribution in [0.2, 0.25) is 0 Å². The topological polar surface area (TPSA) is 112 Å². The lowest BCUT2D eigenvalue weighted by Gasteiger charge is -2.38. The second kappa shape index (κ2) is 6.04. The first-order valence-corrected chi connectivity index (χ1v) is 6.89. The number of H-pyrrole nitrogens is 2. The summed E-state index contributed by atoms with van der Waals surface area (Å²) < 4.78 is 0. The SMILES string of the molecule is CCC1CCN(C(=O)c2cc(=O)[nH]c(=O)[nH]2)C(CN)C1. The van der Waals surface area contributed by atoms with Crippen molar-refractivity contribution in [1.82, 2.24) is 14.9 Å². The Morgan fingerprint density at radius 3 is 2.80 bits per heavy atom. The molecule has 0 spiro atoms. The number of likely N-dealkylation sites (tertiary alicyclic amines) is 1. The number of amides is 1. The van der Waals surface area contributed by atoms with Crippen LogP contribution in [0.1, 0.15) is 36.7 Å². The molecule has 20 heavy (non-hydrogen) atoms. The van der Waals surface area contributed by atoms with E-state index in [4.69, 9.17) is 5.73 Å². The predicted octanol–water partition coefficient (Wildman–Crippen LogP) is -0.347. The second-order valence-corrected chi connectivity index (χ2v) is 5.19. The summed E-state index contributed by atoms with van der Waals surface area (Å²) >= 11 is 0. The molecular formula is C13H20N4O3. The molecule has 4 N–H and O–H groups in total. The summed E-state index contributed by atoms with van der Waals surface area (Å²) in [6, 6.07) is 1.08. The first-order valence-electron chi connectivity index (χ1n) is 6.89. The van der Waals surface area contributed by atoms with Gasteiger partial charge >= 0.3 is 5.69 Å². The molecule has 0 saturated carbocycles. The zero-order valence-corrected chi connectivity index (χ0v) is 11.5. The van der Waals surface area contributed by atoms with Gasteiger partial charge in [0.05, 0.1) is 0 Å². The summed E-state index contributed by atoms with van der Waals surface area (Å²) in [7, 11) is 0. The number of piperidine rings is 1. The van der Waals surface area contributed by atoms with Gasteiger partial charge in [-0.2, -0.15) is 0 Å². The summed E-state index contributed by atoms with van der Waals surface area (Å²) in [6.07, 6.45) is 2.86. The van der Waals surface area contributed by atoms with Gasteiger partial charge in [-0.1, -0.05) is 13.3 Å². The molecule has 0 aliphatic carbocycles. The molecule has 2 heterocycles. The van der Waals surface area contributed by atoms with Crippen molar-refractivity contribution in [2.75, 3.05) is 13.1 Å². The molecule has 7 nitrogen and oxygen atoms in total. The molecule has 0 radical (unpaired) electrons. The van der Waals surface area contributed by atoms with E-state index in [-0.39, 0.29) is 17.6 Å². The number of hydrogen-bond donors (Lipinski definition) is 3. The number of hydrogen-bond acceptors (Lipinski definition) is 4. The van der Waals surface area contributed by atoms with Crippen molar-refractivity contribution >= 4 is 5.91 Å². The van der Waals surface area contributed by atoms with E-state index in [0.29, 0.717) is 19.0 Å². The van der Waals surface area contributed by atoms with E-state index >= 15 is 0 Å². The normalized spacial score (nSPS) is 22.8. The lowest BCUT2D eigenvalue weighted by atomic mass is 9.88. The van der Waals surface area contributed by atoms with Crippen molar-refractivity contribution < 1.29 is 4.79 Å². The van der Waals surface area contributed by atoms with Gasteiger partial charge < -0.3 is 15.6 Å². The number of nitrogens with zero attached hydrogens (tertiary/aromatic N) is 1. The minimum atomic E-state index is -0.673. The quantitative estimate of drug-likeness (QED) is 0.702. The Morgan fingerprint density at radius 2 is 2.20 bits per heavy atom. The zero-order chi connectivity index (χ0) is 14.7. The largest absolute Gasteiger partial charge is 0.333 e. The van der Waals surface area contributed by atoms with Crippen molar-refractivity contribution in [1.29, 1.82) is 0 Å². The first-order chi connectivity index (χ1) is 9.55. The molecule has 1 aliphatic rings. The molecular weight excluding hydrogens is 260 g/mol. The smallest absolute Gasteiger partial charge is 0.326 e. The molecule has 7 heteroatoms. The van der Waals surface area contributed by atoms with Gasteiger partial charge in [0.15, 0.2) is 0 Å². The van der Waals surface area contributed by atoms with Crippen LogP contribution in [0.25, 0.3) is 0 Å². The van der Waals surface area contributed by atoms with Crippen molar-refractivity contribution in [2.24, 2.45) is 11.7 Å². The van der Waals surface area contributed by atoms with Gasteiger partial charge in [0, 0.05) is 25.2 Å². The van der Waals surface area contributed by atoms with Crippen LogP contribution in [0, 0.1) is 5.92 Å². The summed E-state index contributed by atoms with van der Waals surface area (Å²) in [5.41, 5.74) is 4.52. The summed E-state index contributed by atoms with van der Waals surface area (Å²) in [6.45, 7) is 3.12. The molecule has 110 valence electrons. The number of carbonyl (C=O) groups excluding carboxylic acids is 1. The number of aromatic amines is 2. The number of carbonyl (C=O) groups is 1. The highest BCUT2D eigenvalue weighted by molar-refractivity contribution is 5.92. The molecule has 2 unspecified atom stereocenters. The van der Waals surface area contributed by atoms with Gasteiger partial charge in [-0.15, -0.1) is 0 Å². The van der Waals surface area contributed by atoms with E-state index < -0.39 is 11.2 Å². The standard InChI is InChI=1S/C13H20N4O3/c1-2-8-3-4-17(9(5-8)7-14)12(19)10-6-11(18)16-13(20)15-10/h6,8-9H,2-5,7,14H2,1H3,(H2,15,16,18,20). The average molecular weight is 280 g/mol. The Labute approximate surface area is 116 Å². The molecule has 0 aromatic carbocycles. The fraction of sp³-hybridized carbons (Fsp3) is 0.615. The number of aromatic nitrogens is 2.